The van der Waals surface area contributed by atoms with Gasteiger partial charge in [0.15, 0.2) is 0 Å². The van der Waals surface area contributed by atoms with Gasteiger partial charge in [-0.15, -0.1) is 0 Å². The smallest absolute Gasteiger partial charge is 0.320 e. The van der Waals surface area contributed by atoms with Gasteiger partial charge in [0.2, 0.25) is 0 Å². The summed E-state index contributed by atoms with van der Waals surface area (Å²) >= 11 is 1.60. The van der Waals surface area contributed by atoms with E-state index < -0.39 is 12.0 Å². The minimum Gasteiger partial charge on any atom is -0.480 e. The summed E-state index contributed by atoms with van der Waals surface area (Å²) in [6.45, 7) is 0. The Bertz CT molecular complexity index is 97.0. The molecule has 0 saturated heterocycles. The van der Waals surface area contributed by atoms with Crippen molar-refractivity contribution in [3.8, 4) is 0 Å². The lowest BCUT2D eigenvalue weighted by Crippen LogP contribution is -2.30. The molecule has 0 rings (SSSR count). The van der Waals surface area contributed by atoms with Gasteiger partial charge in [0.25, 0.3) is 0 Å². The van der Waals surface area contributed by atoms with E-state index in [-0.39, 0.29) is 0 Å². The molecule has 0 aliphatic heterocycles. The third-order valence-corrected chi connectivity index (χ3v) is 1.59. The molecule has 3 N–H and O–H groups in total. The first kappa shape index (κ1) is 8.78. The molecule has 0 heterocycles. The highest BCUT2D eigenvalue weighted by Crippen LogP contribution is 1.97. The zero-order valence-electron chi connectivity index (χ0n) is 5.33. The first-order valence-corrected chi connectivity index (χ1v) is 4.05. The van der Waals surface area contributed by atoms with E-state index in [1.807, 2.05) is 6.26 Å². The molecule has 0 aromatic rings. The molecule has 0 unspecified atom stereocenters. The Morgan fingerprint density at radius 1 is 1.89 bits per heavy atom. The molecular formula is C5H11NO2S. The van der Waals surface area contributed by atoms with Gasteiger partial charge in [-0.05, 0) is 18.4 Å². The average Bonchev–Trinajstić information content (AvgIpc) is 1.82. The molecule has 0 aromatic carbocycles. The van der Waals surface area contributed by atoms with Gasteiger partial charge in [0.05, 0.1) is 0 Å². The summed E-state index contributed by atoms with van der Waals surface area (Å²) in [6, 6.07) is -0.683. The number of nitrogens with two attached hydrogens (primary N) is 1. The molecule has 3 nitrogen and oxygen atoms in total. The van der Waals surface area contributed by atoms with E-state index in [1.54, 1.807) is 11.8 Å². The van der Waals surface area contributed by atoms with E-state index in [2.05, 4.69) is 0 Å². The van der Waals surface area contributed by atoms with E-state index in [1.165, 1.54) is 0 Å². The fraction of sp³-hybridized carbons (Fsp3) is 0.800. The van der Waals surface area contributed by atoms with Gasteiger partial charge < -0.3 is 10.8 Å². The number of carboxylic acid groups (broad SMARTS) is 1. The molecule has 0 spiro atoms. The first-order valence-electron chi connectivity index (χ1n) is 2.65. The van der Waals surface area contributed by atoms with Gasteiger partial charge in [-0.1, -0.05) is 0 Å². The van der Waals surface area contributed by atoms with Gasteiger partial charge >= 0.3 is 5.97 Å². The van der Waals surface area contributed by atoms with E-state index in [4.69, 9.17) is 10.8 Å². The van der Waals surface area contributed by atoms with Gasteiger partial charge in [-0.3, -0.25) is 4.79 Å². The summed E-state index contributed by atoms with van der Waals surface area (Å²) in [5.41, 5.74) is 5.19. The van der Waals surface area contributed by atoms with E-state index in [0.717, 1.165) is 5.75 Å². The van der Waals surface area contributed by atoms with E-state index >= 15 is 0 Å². The predicted molar refractivity (Wildman–Crippen MR) is 38.6 cm³/mol. The second-order valence-electron chi connectivity index (χ2n) is 1.73. The zero-order valence-corrected chi connectivity index (χ0v) is 6.15. The summed E-state index contributed by atoms with van der Waals surface area (Å²) in [7, 11) is 0. The lowest BCUT2D eigenvalue weighted by molar-refractivity contribution is -0.138. The fourth-order valence-corrected chi connectivity index (χ4v) is 0.858. The van der Waals surface area contributed by atoms with Gasteiger partial charge in [-0.2, -0.15) is 11.8 Å². The number of thioether (sulfide) groups is 1. The molecule has 0 saturated carbocycles. The molecule has 0 fully saturated rings. The van der Waals surface area contributed by atoms with Gasteiger partial charge in [-0.25, -0.2) is 0 Å². The number of carbonyl (C=O) groups is 1. The molecule has 0 aromatic heterocycles. The monoisotopic (exact) mass is 150 g/mol. The van der Waals surface area contributed by atoms with Crippen LogP contribution in [0.1, 0.15) is 6.42 Å². The number of hydrogen-bond acceptors (Lipinski definition) is 3. The number of carboxylic acids is 1. The Morgan fingerprint density at radius 3 is 2.78 bits per heavy atom. The Labute approximate surface area is 58.6 Å². The van der Waals surface area contributed by atoms with E-state index in [0.29, 0.717) is 6.42 Å². The standard InChI is InChI=1S/C5H11NO2S/c1-9-3-2-4(6)5(7)8/h4H,2-3,6H2,1H3,(H,7,8)/t4-/m1/s1/i5+1. The molecule has 54 valence electrons. The molecule has 4 heteroatoms. The summed E-state index contributed by atoms with van der Waals surface area (Å²) in [4.78, 5) is 10.1. The van der Waals surface area contributed by atoms with Crippen LogP contribution in [0.4, 0.5) is 0 Å². The van der Waals surface area contributed by atoms with Crippen molar-refractivity contribution in [3.63, 3.8) is 0 Å². The Balaban J connectivity index is 3.27. The van der Waals surface area contributed by atoms with Crippen molar-refractivity contribution in [2.45, 2.75) is 12.5 Å². The summed E-state index contributed by atoms with van der Waals surface area (Å²) < 4.78 is 0. The quantitative estimate of drug-likeness (QED) is 0.560. The maximum absolute atomic E-state index is 10.1. The first-order chi connectivity index (χ1) is 4.18. The van der Waals surface area contributed by atoms with Crippen molar-refractivity contribution in [2.75, 3.05) is 12.0 Å². The fourth-order valence-electron chi connectivity index (χ4n) is 0.368. The van der Waals surface area contributed by atoms with Crippen LogP contribution in [-0.2, 0) is 4.79 Å². The lowest BCUT2D eigenvalue weighted by atomic mass is 10.4. The zero-order chi connectivity index (χ0) is 7.28. The molecule has 0 radical (unpaired) electrons. The van der Waals surface area contributed by atoms with Crippen molar-refractivity contribution >= 4 is 17.7 Å². The van der Waals surface area contributed by atoms with E-state index in [9.17, 15) is 4.79 Å². The second kappa shape index (κ2) is 4.64. The third kappa shape index (κ3) is 4.29. The van der Waals surface area contributed by atoms with Crippen molar-refractivity contribution < 1.29 is 9.90 Å². The summed E-state index contributed by atoms with van der Waals surface area (Å²) in [6.07, 6.45) is 2.48. The Morgan fingerprint density at radius 2 is 2.44 bits per heavy atom. The average molecular weight is 150 g/mol. The summed E-state index contributed by atoms with van der Waals surface area (Å²) in [5.74, 6) is -0.1000. The molecule has 0 bridgehead atoms. The molecule has 0 aliphatic rings. The number of hydrogen-bond donors (Lipinski definition) is 2. The molecule has 0 aliphatic carbocycles. The topological polar surface area (TPSA) is 63.3 Å². The van der Waals surface area contributed by atoms with Crippen LogP contribution >= 0.6 is 11.8 Å². The highest BCUT2D eigenvalue weighted by atomic mass is 32.2. The van der Waals surface area contributed by atoms with Crippen molar-refractivity contribution in [1.82, 2.24) is 0 Å². The van der Waals surface area contributed by atoms with Gasteiger partial charge in [0, 0.05) is 0 Å². The Kier molecular flexibility index (Phi) is 4.53. The third-order valence-electron chi connectivity index (χ3n) is 0.950. The highest BCUT2D eigenvalue weighted by Gasteiger charge is 2.08. The van der Waals surface area contributed by atoms with Crippen LogP contribution in [0.25, 0.3) is 0 Å². The minimum absolute atomic E-state index is 0.552. The molecule has 9 heavy (non-hydrogen) atoms. The van der Waals surface area contributed by atoms with Gasteiger partial charge in [0.1, 0.15) is 6.04 Å². The maximum atomic E-state index is 10.1. The van der Waals surface area contributed by atoms with Crippen molar-refractivity contribution in [2.24, 2.45) is 5.73 Å². The van der Waals surface area contributed by atoms with Crippen molar-refractivity contribution in [1.29, 1.82) is 0 Å². The molecule has 1 atom stereocenters. The predicted octanol–water partition coefficient (Wildman–Crippen LogP) is 0.151. The van der Waals surface area contributed by atoms with Crippen LogP contribution in [0.15, 0.2) is 0 Å². The largest absolute Gasteiger partial charge is 0.480 e. The number of rotatable bonds is 4. The van der Waals surface area contributed by atoms with Crippen LogP contribution in [0.2, 0.25) is 0 Å². The normalized spacial score (nSPS) is 13.1. The van der Waals surface area contributed by atoms with Crippen LogP contribution < -0.4 is 5.73 Å². The maximum Gasteiger partial charge on any atom is 0.320 e. The van der Waals surface area contributed by atoms with Crippen molar-refractivity contribution in [3.05, 3.63) is 0 Å². The summed E-state index contributed by atoms with van der Waals surface area (Å²) in [5, 5.41) is 8.27. The number of aliphatic carboxylic acids is 1. The minimum atomic E-state index is -0.913. The van der Waals surface area contributed by atoms with Crippen LogP contribution in [0, 0.1) is 0 Å². The lowest BCUT2D eigenvalue weighted by Gasteiger charge is -2.02. The van der Waals surface area contributed by atoms with Crippen LogP contribution in [-0.4, -0.2) is 29.1 Å². The highest BCUT2D eigenvalue weighted by molar-refractivity contribution is 7.98. The Hall–Kier alpha value is -0.220. The SMILES string of the molecule is CSCC[C@@H](N)[13C](=O)O. The molecular weight excluding hydrogens is 139 g/mol. The molecule has 0 amide bonds. The van der Waals surface area contributed by atoms with Crippen LogP contribution in [0.5, 0.6) is 0 Å². The second-order valence-corrected chi connectivity index (χ2v) is 2.71. The van der Waals surface area contributed by atoms with Crippen LogP contribution in [0.3, 0.4) is 0 Å².